The third-order valence-electron chi connectivity index (χ3n) is 8.59. The van der Waals surface area contributed by atoms with Crippen LogP contribution in [0.5, 0.6) is 0 Å². The molecule has 4 aliphatic rings. The van der Waals surface area contributed by atoms with Crippen LogP contribution >= 0.6 is 0 Å². The molecule has 2 N–H and O–H groups in total. The molecule has 0 unspecified atom stereocenters. The highest BCUT2D eigenvalue weighted by Crippen LogP contribution is 2.72. The summed E-state index contributed by atoms with van der Waals surface area (Å²) < 4.78 is 0. The maximum absolute atomic E-state index is 12.5. The third-order valence-corrected chi connectivity index (χ3v) is 8.59. The molecule has 130 valence electrons. The van der Waals surface area contributed by atoms with Crippen LogP contribution in [-0.4, -0.2) is 28.2 Å². The minimum absolute atomic E-state index is 0.0861. The van der Waals surface area contributed by atoms with Crippen molar-refractivity contribution in [3.05, 3.63) is 0 Å². The van der Waals surface area contributed by atoms with E-state index in [1.54, 1.807) is 0 Å². The highest BCUT2D eigenvalue weighted by atomic mass is 16.3. The first-order valence-electron chi connectivity index (χ1n) is 9.50. The topological polar surface area (TPSA) is 57.5 Å². The van der Waals surface area contributed by atoms with E-state index in [0.29, 0.717) is 17.6 Å². The molecule has 0 saturated heterocycles. The molecular formula is C20H32O3. The molecule has 0 amide bonds. The first-order valence-corrected chi connectivity index (χ1v) is 9.50. The van der Waals surface area contributed by atoms with Crippen molar-refractivity contribution in [1.29, 1.82) is 0 Å². The standard InChI is InChI=1S/C20H32O3/c1-17(2)9-14(22)10-18(3)15(17)6-7-19-8-13(4-5-16(18)19)20(23,11-19)12-21/h13,15-16,21,23H,4-12H2,1-3H3/t13-,15+,16-,18+,19-,20-/m0/s1. The predicted octanol–water partition coefficient (Wildman–Crippen LogP) is 3.32. The third kappa shape index (κ3) is 1.99. The molecule has 0 heterocycles. The molecule has 4 fully saturated rings. The van der Waals surface area contributed by atoms with Crippen molar-refractivity contribution in [2.24, 2.45) is 34.0 Å². The Balaban J connectivity index is 1.74. The van der Waals surface area contributed by atoms with Gasteiger partial charge in [-0.25, -0.2) is 0 Å². The van der Waals surface area contributed by atoms with Crippen molar-refractivity contribution in [2.75, 3.05) is 6.61 Å². The van der Waals surface area contributed by atoms with Gasteiger partial charge in [-0.3, -0.25) is 4.79 Å². The van der Waals surface area contributed by atoms with Crippen LogP contribution in [-0.2, 0) is 4.79 Å². The number of hydrogen-bond acceptors (Lipinski definition) is 3. The van der Waals surface area contributed by atoms with Crippen LogP contribution < -0.4 is 0 Å². The van der Waals surface area contributed by atoms with Crippen LogP contribution in [0.1, 0.15) is 72.1 Å². The van der Waals surface area contributed by atoms with Crippen molar-refractivity contribution in [3.63, 3.8) is 0 Å². The van der Waals surface area contributed by atoms with Crippen LogP contribution in [0.15, 0.2) is 0 Å². The Morgan fingerprint density at radius 2 is 1.83 bits per heavy atom. The van der Waals surface area contributed by atoms with Crippen LogP contribution in [0.3, 0.4) is 0 Å². The molecule has 2 bridgehead atoms. The second kappa shape index (κ2) is 4.60. The molecule has 0 aromatic rings. The van der Waals surface area contributed by atoms with E-state index in [0.717, 1.165) is 38.5 Å². The summed E-state index contributed by atoms with van der Waals surface area (Å²) in [5.74, 6) is 1.84. The zero-order valence-electron chi connectivity index (χ0n) is 14.9. The van der Waals surface area contributed by atoms with Crippen molar-refractivity contribution in [3.8, 4) is 0 Å². The summed E-state index contributed by atoms with van der Waals surface area (Å²) in [6, 6.07) is 0. The SMILES string of the molecule is CC1(C)CC(=O)C[C@]2(C)[C@@H]1CC[C@@]13C[C@H](CC[C@H]12)[C@@](O)(CO)C3. The number of carbonyl (C=O) groups is 1. The molecule has 4 aliphatic carbocycles. The number of carbonyl (C=O) groups excluding carboxylic acids is 1. The first-order chi connectivity index (χ1) is 10.7. The van der Waals surface area contributed by atoms with Crippen LogP contribution in [0.25, 0.3) is 0 Å². The van der Waals surface area contributed by atoms with Gasteiger partial charge < -0.3 is 10.2 Å². The minimum Gasteiger partial charge on any atom is -0.393 e. The molecule has 0 aromatic heterocycles. The van der Waals surface area contributed by atoms with Gasteiger partial charge in [-0.1, -0.05) is 20.8 Å². The molecule has 0 radical (unpaired) electrons. The normalized spacial score (nSPS) is 54.5. The average molecular weight is 320 g/mol. The van der Waals surface area contributed by atoms with Gasteiger partial charge in [0.15, 0.2) is 0 Å². The van der Waals surface area contributed by atoms with Gasteiger partial charge in [0.1, 0.15) is 5.78 Å². The maximum Gasteiger partial charge on any atom is 0.134 e. The van der Waals surface area contributed by atoms with E-state index >= 15 is 0 Å². The lowest BCUT2D eigenvalue weighted by molar-refractivity contribution is -0.161. The summed E-state index contributed by atoms with van der Waals surface area (Å²) in [6.07, 6.45) is 7.78. The number of aliphatic hydroxyl groups is 2. The van der Waals surface area contributed by atoms with Gasteiger partial charge >= 0.3 is 0 Å². The number of aliphatic hydroxyl groups excluding tert-OH is 1. The number of hydrogen-bond donors (Lipinski definition) is 2. The minimum atomic E-state index is -0.869. The molecule has 4 saturated carbocycles. The van der Waals surface area contributed by atoms with Gasteiger partial charge in [0.25, 0.3) is 0 Å². The predicted molar refractivity (Wildman–Crippen MR) is 88.8 cm³/mol. The lowest BCUT2D eigenvalue weighted by Gasteiger charge is -2.63. The number of ketones is 1. The zero-order chi connectivity index (χ0) is 16.7. The summed E-state index contributed by atoms with van der Waals surface area (Å²) in [5.41, 5.74) is -0.511. The van der Waals surface area contributed by atoms with Crippen LogP contribution in [0, 0.1) is 34.0 Å². The fraction of sp³-hybridized carbons (Fsp3) is 0.950. The molecule has 3 nitrogen and oxygen atoms in total. The van der Waals surface area contributed by atoms with Crippen molar-refractivity contribution in [2.45, 2.75) is 77.7 Å². The Hall–Kier alpha value is -0.410. The van der Waals surface area contributed by atoms with Gasteiger partial charge in [-0.2, -0.15) is 0 Å². The Morgan fingerprint density at radius 1 is 1.09 bits per heavy atom. The van der Waals surface area contributed by atoms with Gasteiger partial charge in [0, 0.05) is 12.8 Å². The molecule has 0 aliphatic heterocycles. The molecule has 4 rings (SSSR count). The zero-order valence-corrected chi connectivity index (χ0v) is 14.9. The summed E-state index contributed by atoms with van der Waals surface area (Å²) in [5, 5.41) is 20.7. The maximum atomic E-state index is 12.5. The Labute approximate surface area is 139 Å². The van der Waals surface area contributed by atoms with E-state index in [2.05, 4.69) is 20.8 Å². The Morgan fingerprint density at radius 3 is 2.52 bits per heavy atom. The van der Waals surface area contributed by atoms with E-state index in [1.165, 1.54) is 12.8 Å². The highest BCUT2D eigenvalue weighted by molar-refractivity contribution is 5.81. The van der Waals surface area contributed by atoms with E-state index in [1.807, 2.05) is 0 Å². The fourth-order valence-electron chi connectivity index (χ4n) is 8.05. The van der Waals surface area contributed by atoms with Crippen LogP contribution in [0.4, 0.5) is 0 Å². The van der Waals surface area contributed by atoms with Crippen molar-refractivity contribution < 1.29 is 15.0 Å². The summed E-state index contributed by atoms with van der Waals surface area (Å²) in [6.45, 7) is 6.85. The largest absolute Gasteiger partial charge is 0.393 e. The first kappa shape index (κ1) is 16.1. The Bertz CT molecular complexity index is 541. The van der Waals surface area contributed by atoms with Gasteiger partial charge in [-0.05, 0) is 72.5 Å². The lowest BCUT2D eigenvalue weighted by Crippen LogP contribution is -2.57. The lowest BCUT2D eigenvalue weighted by atomic mass is 9.41. The summed E-state index contributed by atoms with van der Waals surface area (Å²) in [4.78, 5) is 12.5. The molecular weight excluding hydrogens is 288 g/mol. The monoisotopic (exact) mass is 320 g/mol. The van der Waals surface area contributed by atoms with Gasteiger partial charge in [-0.15, -0.1) is 0 Å². The molecule has 23 heavy (non-hydrogen) atoms. The van der Waals surface area contributed by atoms with E-state index < -0.39 is 5.60 Å². The highest BCUT2D eigenvalue weighted by Gasteiger charge is 2.67. The van der Waals surface area contributed by atoms with Crippen LogP contribution in [0.2, 0.25) is 0 Å². The second-order valence-electron chi connectivity index (χ2n) is 10.3. The molecule has 3 heteroatoms. The summed E-state index contributed by atoms with van der Waals surface area (Å²) in [7, 11) is 0. The fourth-order valence-corrected chi connectivity index (χ4v) is 8.05. The number of rotatable bonds is 1. The number of fused-ring (bicyclic) bond motifs is 3. The quantitative estimate of drug-likeness (QED) is 0.779. The van der Waals surface area contributed by atoms with E-state index in [-0.39, 0.29) is 28.8 Å². The molecule has 1 spiro atoms. The van der Waals surface area contributed by atoms with Crippen molar-refractivity contribution >= 4 is 5.78 Å². The Kier molecular flexibility index (Phi) is 3.22. The smallest absolute Gasteiger partial charge is 0.134 e. The van der Waals surface area contributed by atoms with E-state index in [9.17, 15) is 15.0 Å². The second-order valence-corrected chi connectivity index (χ2v) is 10.3. The average Bonchev–Trinajstić information content (AvgIpc) is 2.64. The molecule has 6 atom stereocenters. The van der Waals surface area contributed by atoms with Gasteiger partial charge in [0.2, 0.25) is 0 Å². The summed E-state index contributed by atoms with van der Waals surface area (Å²) >= 11 is 0. The molecule has 0 aromatic carbocycles. The van der Waals surface area contributed by atoms with Crippen molar-refractivity contribution in [1.82, 2.24) is 0 Å². The van der Waals surface area contributed by atoms with Gasteiger partial charge in [0.05, 0.1) is 12.2 Å². The number of Topliss-reactive ketones (excluding diaryl/α,β-unsaturated/α-hetero) is 1. The van der Waals surface area contributed by atoms with E-state index in [4.69, 9.17) is 0 Å².